The zero-order valence-electron chi connectivity index (χ0n) is 19.1. The molecule has 0 aromatic rings. The van der Waals surface area contributed by atoms with Gasteiger partial charge in [-0.15, -0.1) is 0 Å². The second-order valence-electron chi connectivity index (χ2n) is 11.1. The first-order chi connectivity index (χ1) is 14.5. The van der Waals surface area contributed by atoms with Gasteiger partial charge < -0.3 is 0 Å². The van der Waals surface area contributed by atoms with Crippen molar-refractivity contribution >= 4 is 37.4 Å². The van der Waals surface area contributed by atoms with Gasteiger partial charge in [0.15, 0.2) is 0 Å². The average molecular weight is 542 g/mol. The van der Waals surface area contributed by atoms with E-state index in [1.165, 1.54) is 12.7 Å². The summed E-state index contributed by atoms with van der Waals surface area (Å²) in [6.07, 6.45) is 7.90. The van der Waals surface area contributed by atoms with Crippen molar-refractivity contribution in [1.82, 2.24) is 0 Å². The molecule has 0 aromatic carbocycles. The van der Waals surface area contributed by atoms with Crippen molar-refractivity contribution in [2.75, 3.05) is 11.5 Å². The molecule has 6 heteroatoms. The molecular weight excluding hydrogens is 507 g/mol. The van der Waals surface area contributed by atoms with E-state index < -0.39 is 25.4 Å². The molecule has 7 atom stereocenters. The number of allylic oxidation sites excluding steroid dienone is 2. The zero-order valence-corrected chi connectivity index (χ0v) is 21.3. The minimum absolute atomic E-state index is 0.000332. The topological polar surface area (TPSA) is 80.7 Å². The van der Waals surface area contributed by atoms with E-state index in [-0.39, 0.29) is 37.7 Å². The van der Waals surface area contributed by atoms with Crippen molar-refractivity contribution in [1.29, 1.82) is 0 Å². The number of carbonyl (C=O) groups is 3. The van der Waals surface area contributed by atoms with Gasteiger partial charge in [0.1, 0.15) is 0 Å². The van der Waals surface area contributed by atoms with Gasteiger partial charge in [-0.3, -0.25) is 0 Å². The zero-order chi connectivity index (χ0) is 22.4. The van der Waals surface area contributed by atoms with Crippen LogP contribution in [0.4, 0.5) is 0 Å². The van der Waals surface area contributed by atoms with E-state index in [9.17, 15) is 19.5 Å². The third kappa shape index (κ3) is 2.72. The molecule has 0 radical (unpaired) electrons. The number of hydrogen-bond donors (Lipinski definition) is 1. The second kappa shape index (κ2) is 6.87. The van der Waals surface area contributed by atoms with Crippen LogP contribution in [0.1, 0.15) is 72.1 Å². The van der Waals surface area contributed by atoms with Crippen LogP contribution in [0.3, 0.4) is 0 Å². The number of fused-ring (bicyclic) bond motifs is 3. The van der Waals surface area contributed by atoms with Crippen molar-refractivity contribution in [2.45, 2.75) is 85.1 Å². The summed E-state index contributed by atoms with van der Waals surface area (Å²) in [5, 5.41) is 11.8. The van der Waals surface area contributed by atoms with E-state index in [0.717, 1.165) is 30.1 Å². The van der Waals surface area contributed by atoms with Crippen LogP contribution >= 0.6 is 19.8 Å². The fraction of sp³-hybridized carbons (Fsp3) is 0.800. The number of rotatable bonds is 4. The Bertz CT molecular complexity index is 896. The molecule has 3 aliphatic carbocycles. The third-order valence-electron chi connectivity index (χ3n) is 9.91. The SMILES string of the molecule is COC(=O)C1CC2=CC(=O)CC[C@]2(C)[C@@]23CC2C[C@@]2(C)I(CC[C@@]2(O)CCC(C)=O)[C@H]13. The molecule has 0 bridgehead atoms. The van der Waals surface area contributed by atoms with Gasteiger partial charge in [-0.25, -0.2) is 0 Å². The first-order valence-electron chi connectivity index (χ1n) is 11.7. The number of methoxy groups -OCH3 is 1. The average Bonchev–Trinajstić information content (AvgIpc) is 3.38. The van der Waals surface area contributed by atoms with Gasteiger partial charge in [0.2, 0.25) is 0 Å². The van der Waals surface area contributed by atoms with E-state index in [1.54, 1.807) is 6.92 Å². The van der Waals surface area contributed by atoms with Gasteiger partial charge in [-0.05, 0) is 0 Å². The Balaban J connectivity index is 1.59. The van der Waals surface area contributed by atoms with Crippen LogP contribution in [0.15, 0.2) is 11.6 Å². The first kappa shape index (κ1) is 22.1. The quantitative estimate of drug-likeness (QED) is 0.330. The number of alkyl halides is 3. The monoisotopic (exact) mass is 542 g/mol. The molecule has 2 heterocycles. The Morgan fingerprint density at radius 2 is 2.00 bits per heavy atom. The van der Waals surface area contributed by atoms with Gasteiger partial charge in [0, 0.05) is 0 Å². The summed E-state index contributed by atoms with van der Waals surface area (Å²) < 4.78 is 6.57. The number of esters is 1. The van der Waals surface area contributed by atoms with E-state index in [2.05, 4.69) is 13.8 Å². The molecule has 1 spiro atoms. The summed E-state index contributed by atoms with van der Waals surface area (Å²) in [7, 11) is 1.48. The van der Waals surface area contributed by atoms with Crippen molar-refractivity contribution < 1.29 is 24.2 Å². The Morgan fingerprint density at radius 3 is 2.68 bits per heavy atom. The molecule has 31 heavy (non-hydrogen) atoms. The third-order valence-corrected chi connectivity index (χ3v) is 19.7. The van der Waals surface area contributed by atoms with Crippen LogP contribution in [0.25, 0.3) is 0 Å². The number of ketones is 2. The molecule has 4 fully saturated rings. The Labute approximate surface area is 192 Å². The van der Waals surface area contributed by atoms with Crippen molar-refractivity contribution in [2.24, 2.45) is 22.7 Å². The van der Waals surface area contributed by atoms with E-state index in [1.807, 2.05) is 6.08 Å². The van der Waals surface area contributed by atoms with Crippen LogP contribution in [-0.2, 0) is 19.1 Å². The van der Waals surface area contributed by atoms with Crippen molar-refractivity contribution in [3.05, 3.63) is 11.6 Å². The van der Waals surface area contributed by atoms with E-state index >= 15 is 0 Å². The molecule has 1 N–H and O–H groups in total. The Hall–Kier alpha value is -0.760. The van der Waals surface area contributed by atoms with Crippen molar-refractivity contribution in [3.8, 4) is 0 Å². The van der Waals surface area contributed by atoms with Crippen LogP contribution < -0.4 is 0 Å². The summed E-state index contributed by atoms with van der Waals surface area (Å²) in [6.45, 7) is 6.26. The van der Waals surface area contributed by atoms with Crippen LogP contribution in [0, 0.1) is 22.7 Å². The van der Waals surface area contributed by atoms with E-state index in [0.29, 0.717) is 35.5 Å². The minimum atomic E-state index is -1.82. The normalized spacial score (nSPS) is 48.7. The maximum absolute atomic E-state index is 13.1. The Kier molecular flexibility index (Phi) is 4.89. The number of Topliss-reactive ketones (excluding diaryl/α,β-unsaturated/α-hetero) is 1. The molecule has 2 aliphatic heterocycles. The summed E-state index contributed by atoms with van der Waals surface area (Å²) in [5.41, 5.74) is 0.508. The molecule has 0 aromatic heterocycles. The second-order valence-corrected chi connectivity index (χ2v) is 18.2. The molecule has 2 saturated heterocycles. The molecule has 172 valence electrons. The fourth-order valence-electron chi connectivity index (χ4n) is 8.02. The fourth-order valence-corrected chi connectivity index (χ4v) is 20.1. The number of halogens is 1. The van der Waals surface area contributed by atoms with Crippen molar-refractivity contribution in [3.63, 3.8) is 0 Å². The molecule has 5 rings (SSSR count). The van der Waals surface area contributed by atoms with Gasteiger partial charge >= 0.3 is 193 Å². The summed E-state index contributed by atoms with van der Waals surface area (Å²) >= 11 is -1.82. The van der Waals surface area contributed by atoms with Crippen LogP contribution in [0.5, 0.6) is 0 Å². The maximum atomic E-state index is 13.1. The van der Waals surface area contributed by atoms with Crippen LogP contribution in [-0.4, -0.2) is 47.1 Å². The first-order valence-corrected chi connectivity index (χ1v) is 15.6. The van der Waals surface area contributed by atoms with Crippen LogP contribution in [0.2, 0.25) is 0 Å². The molecular formula is C25H35IO5. The molecule has 0 amide bonds. The van der Waals surface area contributed by atoms with Gasteiger partial charge in [0.05, 0.1) is 0 Å². The predicted molar refractivity (Wildman–Crippen MR) is 126 cm³/mol. The van der Waals surface area contributed by atoms with E-state index in [4.69, 9.17) is 4.74 Å². The molecule has 2 unspecified atom stereocenters. The number of carbonyl (C=O) groups excluding carboxylic acids is 3. The van der Waals surface area contributed by atoms with Gasteiger partial charge in [-0.2, -0.15) is 0 Å². The summed E-state index contributed by atoms with van der Waals surface area (Å²) in [5.74, 6) is 0.520. The predicted octanol–water partition coefficient (Wildman–Crippen LogP) is 4.02. The number of aliphatic hydroxyl groups is 1. The van der Waals surface area contributed by atoms with Gasteiger partial charge in [-0.1, -0.05) is 0 Å². The summed E-state index contributed by atoms with van der Waals surface area (Å²) in [4.78, 5) is 37.1. The molecule has 5 aliphatic rings. The molecule has 2 saturated carbocycles. The summed E-state index contributed by atoms with van der Waals surface area (Å²) in [6, 6.07) is 0. The molecule has 5 nitrogen and oxygen atoms in total. The number of ether oxygens (including phenoxy) is 1. The number of hydrogen-bond acceptors (Lipinski definition) is 5. The standard InChI is InChI=1S/C25H35IO5/c1-15(27)5-8-24(30)9-10-26-20-19(21(29)31-4)12-16-11-18(28)6-7-22(16,2)25(20)14-17(25)13-23(24,26)3/h11,17,19-20,30H,5-10,12-14H2,1-4H3/t17?,19?,20-,22+,23-,24+,25+/m1/s1. The Morgan fingerprint density at radius 1 is 1.26 bits per heavy atom. The van der Waals surface area contributed by atoms with Gasteiger partial charge in [0.25, 0.3) is 0 Å².